The summed E-state index contributed by atoms with van der Waals surface area (Å²) in [5, 5.41) is 3.10. The fourth-order valence-corrected chi connectivity index (χ4v) is 3.23. The lowest BCUT2D eigenvalue weighted by molar-refractivity contribution is 0.171. The summed E-state index contributed by atoms with van der Waals surface area (Å²) in [5.74, 6) is 1.99. The van der Waals surface area contributed by atoms with Gasteiger partial charge in [0.15, 0.2) is 0 Å². The van der Waals surface area contributed by atoms with Crippen molar-refractivity contribution in [1.29, 1.82) is 0 Å². The number of carbonyl (C=O) groups is 1. The molecule has 2 rings (SSSR count). The Hall–Kier alpha value is -0.770. The minimum Gasteiger partial charge on any atom is -0.338 e. The second kappa shape index (κ2) is 6.41. The molecule has 2 fully saturated rings. The summed E-state index contributed by atoms with van der Waals surface area (Å²) in [6, 6.07) is 0.129. The Morgan fingerprint density at radius 1 is 1.22 bits per heavy atom. The Labute approximate surface area is 110 Å². The number of nitrogens with one attached hydrogen (secondary N) is 1. The van der Waals surface area contributed by atoms with Crippen LogP contribution in [0.4, 0.5) is 4.79 Å². The summed E-state index contributed by atoms with van der Waals surface area (Å²) in [7, 11) is 0. The van der Waals surface area contributed by atoms with Gasteiger partial charge in [0, 0.05) is 19.6 Å². The molecule has 1 heterocycles. The highest BCUT2D eigenvalue weighted by atomic mass is 16.2. The zero-order chi connectivity index (χ0) is 13.0. The number of amides is 2. The molecule has 1 saturated heterocycles. The topological polar surface area (TPSA) is 58.4 Å². The van der Waals surface area contributed by atoms with Crippen molar-refractivity contribution < 1.29 is 4.79 Å². The van der Waals surface area contributed by atoms with Gasteiger partial charge in [0.1, 0.15) is 0 Å². The first-order valence-corrected chi connectivity index (χ1v) is 7.43. The molecule has 0 aromatic heterocycles. The van der Waals surface area contributed by atoms with E-state index in [4.69, 9.17) is 5.73 Å². The molecule has 0 spiro atoms. The maximum atomic E-state index is 12.0. The zero-order valence-electron chi connectivity index (χ0n) is 11.5. The standard InChI is InChI=1S/C14H27N3O/c1-11-5-7-17(8-6-11)14(18)16-10-13-4-2-3-12(13)9-15/h11-13H,2-10,15H2,1H3,(H,16,18). The van der Waals surface area contributed by atoms with Crippen LogP contribution in [0.15, 0.2) is 0 Å². The van der Waals surface area contributed by atoms with Crippen LogP contribution < -0.4 is 11.1 Å². The first-order chi connectivity index (χ1) is 8.70. The number of likely N-dealkylation sites (tertiary alicyclic amines) is 1. The maximum absolute atomic E-state index is 12.0. The van der Waals surface area contributed by atoms with Gasteiger partial charge in [-0.05, 0) is 50.0 Å². The average Bonchev–Trinajstić information content (AvgIpc) is 2.84. The summed E-state index contributed by atoms with van der Waals surface area (Å²) in [6.07, 6.45) is 6.01. The van der Waals surface area contributed by atoms with Gasteiger partial charge in [-0.25, -0.2) is 4.79 Å². The second-order valence-electron chi connectivity index (χ2n) is 6.04. The molecule has 2 amide bonds. The molecular formula is C14H27N3O. The summed E-state index contributed by atoms with van der Waals surface area (Å²) in [4.78, 5) is 14.0. The van der Waals surface area contributed by atoms with Crippen molar-refractivity contribution in [3.63, 3.8) is 0 Å². The lowest BCUT2D eigenvalue weighted by Crippen LogP contribution is -2.45. The van der Waals surface area contributed by atoms with Crippen LogP contribution in [0.3, 0.4) is 0 Å². The van der Waals surface area contributed by atoms with E-state index in [1.807, 2.05) is 4.90 Å². The van der Waals surface area contributed by atoms with E-state index in [2.05, 4.69) is 12.2 Å². The van der Waals surface area contributed by atoms with Crippen molar-refractivity contribution in [2.45, 2.75) is 39.0 Å². The van der Waals surface area contributed by atoms with E-state index in [1.54, 1.807) is 0 Å². The van der Waals surface area contributed by atoms with Crippen LogP contribution in [0, 0.1) is 17.8 Å². The van der Waals surface area contributed by atoms with Crippen molar-refractivity contribution in [3.8, 4) is 0 Å². The summed E-state index contributed by atoms with van der Waals surface area (Å²) in [5.41, 5.74) is 5.77. The fourth-order valence-electron chi connectivity index (χ4n) is 3.23. The Kier molecular flexibility index (Phi) is 4.87. The number of hydrogen-bond donors (Lipinski definition) is 2. The molecule has 1 aliphatic carbocycles. The van der Waals surface area contributed by atoms with E-state index in [1.165, 1.54) is 19.3 Å². The molecule has 0 aromatic rings. The molecule has 1 saturated carbocycles. The van der Waals surface area contributed by atoms with Crippen LogP contribution in [-0.4, -0.2) is 37.1 Å². The van der Waals surface area contributed by atoms with E-state index in [-0.39, 0.29) is 6.03 Å². The molecule has 2 atom stereocenters. The van der Waals surface area contributed by atoms with Gasteiger partial charge in [-0.1, -0.05) is 13.3 Å². The Bertz CT molecular complexity index is 274. The van der Waals surface area contributed by atoms with Gasteiger partial charge in [-0.3, -0.25) is 0 Å². The van der Waals surface area contributed by atoms with Gasteiger partial charge >= 0.3 is 6.03 Å². The van der Waals surface area contributed by atoms with E-state index in [9.17, 15) is 4.79 Å². The number of rotatable bonds is 3. The highest BCUT2D eigenvalue weighted by Crippen LogP contribution is 2.30. The van der Waals surface area contributed by atoms with E-state index >= 15 is 0 Å². The van der Waals surface area contributed by atoms with Crippen molar-refractivity contribution >= 4 is 6.03 Å². The first-order valence-electron chi connectivity index (χ1n) is 7.43. The van der Waals surface area contributed by atoms with Gasteiger partial charge in [0.25, 0.3) is 0 Å². The smallest absolute Gasteiger partial charge is 0.317 e. The van der Waals surface area contributed by atoms with Crippen molar-refractivity contribution in [2.75, 3.05) is 26.2 Å². The van der Waals surface area contributed by atoms with Crippen LogP contribution in [-0.2, 0) is 0 Å². The van der Waals surface area contributed by atoms with Crippen LogP contribution in [0.2, 0.25) is 0 Å². The minimum atomic E-state index is 0.129. The Morgan fingerprint density at radius 2 is 1.89 bits per heavy atom. The lowest BCUT2D eigenvalue weighted by Gasteiger charge is -2.31. The number of hydrogen-bond acceptors (Lipinski definition) is 2. The van der Waals surface area contributed by atoms with E-state index in [0.29, 0.717) is 11.8 Å². The van der Waals surface area contributed by atoms with Crippen molar-refractivity contribution in [2.24, 2.45) is 23.5 Å². The monoisotopic (exact) mass is 253 g/mol. The maximum Gasteiger partial charge on any atom is 0.317 e. The number of carbonyl (C=O) groups excluding carboxylic acids is 1. The number of nitrogens with zero attached hydrogens (tertiary/aromatic N) is 1. The summed E-state index contributed by atoms with van der Waals surface area (Å²) in [6.45, 7) is 5.67. The molecule has 2 aliphatic rings. The first kappa shape index (κ1) is 13.7. The lowest BCUT2D eigenvalue weighted by atomic mass is 9.96. The second-order valence-corrected chi connectivity index (χ2v) is 6.04. The molecule has 1 aliphatic heterocycles. The van der Waals surface area contributed by atoms with Crippen LogP contribution >= 0.6 is 0 Å². The third-order valence-electron chi connectivity index (χ3n) is 4.71. The van der Waals surface area contributed by atoms with Crippen LogP contribution in [0.25, 0.3) is 0 Å². The predicted octanol–water partition coefficient (Wildman–Crippen LogP) is 1.80. The highest BCUT2D eigenvalue weighted by Gasteiger charge is 2.27. The molecule has 4 nitrogen and oxygen atoms in total. The molecule has 0 aromatic carbocycles. The molecule has 104 valence electrons. The van der Waals surface area contributed by atoms with Gasteiger partial charge in [0.05, 0.1) is 0 Å². The number of urea groups is 1. The Morgan fingerprint density at radius 3 is 2.56 bits per heavy atom. The molecule has 4 heteroatoms. The normalized spacial score (nSPS) is 29.6. The van der Waals surface area contributed by atoms with E-state index < -0.39 is 0 Å². The van der Waals surface area contributed by atoms with Crippen LogP contribution in [0.5, 0.6) is 0 Å². The zero-order valence-corrected chi connectivity index (χ0v) is 11.5. The predicted molar refractivity (Wildman–Crippen MR) is 73.3 cm³/mol. The molecule has 2 unspecified atom stereocenters. The van der Waals surface area contributed by atoms with Gasteiger partial charge in [-0.2, -0.15) is 0 Å². The van der Waals surface area contributed by atoms with E-state index in [0.717, 1.165) is 44.9 Å². The highest BCUT2D eigenvalue weighted by molar-refractivity contribution is 5.74. The summed E-state index contributed by atoms with van der Waals surface area (Å²) >= 11 is 0. The molecule has 0 radical (unpaired) electrons. The minimum absolute atomic E-state index is 0.129. The SMILES string of the molecule is CC1CCN(C(=O)NCC2CCCC2CN)CC1. The van der Waals surface area contributed by atoms with Crippen molar-refractivity contribution in [3.05, 3.63) is 0 Å². The average molecular weight is 253 g/mol. The fraction of sp³-hybridized carbons (Fsp3) is 0.929. The number of piperidine rings is 1. The third kappa shape index (κ3) is 3.37. The summed E-state index contributed by atoms with van der Waals surface area (Å²) < 4.78 is 0. The number of nitrogens with two attached hydrogens (primary N) is 1. The molecule has 3 N–H and O–H groups in total. The quantitative estimate of drug-likeness (QED) is 0.806. The van der Waals surface area contributed by atoms with Crippen molar-refractivity contribution in [1.82, 2.24) is 10.2 Å². The van der Waals surface area contributed by atoms with Gasteiger partial charge < -0.3 is 16.0 Å². The van der Waals surface area contributed by atoms with Gasteiger partial charge in [-0.15, -0.1) is 0 Å². The van der Waals surface area contributed by atoms with Crippen LogP contribution in [0.1, 0.15) is 39.0 Å². The van der Waals surface area contributed by atoms with Gasteiger partial charge in [0.2, 0.25) is 0 Å². The molecule has 0 bridgehead atoms. The largest absolute Gasteiger partial charge is 0.338 e. The molecular weight excluding hydrogens is 226 g/mol. The third-order valence-corrected chi connectivity index (χ3v) is 4.71. The Balaban J connectivity index is 1.71. The molecule has 18 heavy (non-hydrogen) atoms.